The Morgan fingerprint density at radius 1 is 1.25 bits per heavy atom. The lowest BCUT2D eigenvalue weighted by atomic mass is 10.3. The molecule has 0 radical (unpaired) electrons. The standard InChI is InChI=1S/C13H16ClN5S/c14-11-7-15-8-12(18-11)16-4-3-10-9-20-13(17-10)19-5-1-2-6-19/h7-9H,1-6H2,(H,16,18). The SMILES string of the molecule is Clc1cncc(NCCc2csc(N3CCCC3)n2)n1. The molecule has 2 aromatic heterocycles. The highest BCUT2D eigenvalue weighted by Gasteiger charge is 2.15. The van der Waals surface area contributed by atoms with Crippen molar-refractivity contribution in [3.8, 4) is 0 Å². The number of anilines is 2. The molecule has 106 valence electrons. The molecule has 1 fully saturated rings. The van der Waals surface area contributed by atoms with E-state index in [-0.39, 0.29) is 0 Å². The predicted molar refractivity (Wildman–Crippen MR) is 82.8 cm³/mol. The molecule has 0 amide bonds. The van der Waals surface area contributed by atoms with Crippen LogP contribution in [0.2, 0.25) is 5.15 Å². The van der Waals surface area contributed by atoms with Gasteiger partial charge in [0, 0.05) is 31.4 Å². The van der Waals surface area contributed by atoms with Crippen LogP contribution in [0.3, 0.4) is 0 Å². The van der Waals surface area contributed by atoms with Gasteiger partial charge in [-0.2, -0.15) is 0 Å². The van der Waals surface area contributed by atoms with Gasteiger partial charge in [0.05, 0.1) is 18.1 Å². The molecule has 3 rings (SSSR count). The summed E-state index contributed by atoms with van der Waals surface area (Å²) < 4.78 is 0. The van der Waals surface area contributed by atoms with Crippen molar-refractivity contribution >= 4 is 33.9 Å². The largest absolute Gasteiger partial charge is 0.368 e. The molecule has 7 heteroatoms. The summed E-state index contributed by atoms with van der Waals surface area (Å²) in [6.07, 6.45) is 6.63. The highest BCUT2D eigenvalue weighted by molar-refractivity contribution is 7.13. The van der Waals surface area contributed by atoms with Gasteiger partial charge in [0.25, 0.3) is 0 Å². The van der Waals surface area contributed by atoms with Crippen molar-refractivity contribution in [3.05, 3.63) is 28.6 Å². The van der Waals surface area contributed by atoms with Gasteiger partial charge in [-0.25, -0.2) is 9.97 Å². The smallest absolute Gasteiger partial charge is 0.185 e. The van der Waals surface area contributed by atoms with Crippen molar-refractivity contribution in [3.63, 3.8) is 0 Å². The minimum Gasteiger partial charge on any atom is -0.368 e. The first kappa shape index (κ1) is 13.6. The molecular formula is C13H16ClN5S. The summed E-state index contributed by atoms with van der Waals surface area (Å²) in [5.74, 6) is 0.701. The number of rotatable bonds is 5. The lowest BCUT2D eigenvalue weighted by Gasteiger charge is -2.12. The fourth-order valence-corrected chi connectivity index (χ4v) is 3.27. The Morgan fingerprint density at radius 2 is 2.10 bits per heavy atom. The number of halogens is 1. The number of hydrogen-bond acceptors (Lipinski definition) is 6. The van der Waals surface area contributed by atoms with E-state index in [1.807, 2.05) is 0 Å². The zero-order chi connectivity index (χ0) is 13.8. The van der Waals surface area contributed by atoms with Gasteiger partial charge < -0.3 is 10.2 Å². The third-order valence-electron chi connectivity index (χ3n) is 3.21. The number of nitrogens with zero attached hydrogens (tertiary/aromatic N) is 4. The molecule has 2 aromatic rings. The predicted octanol–water partition coefficient (Wildman–Crippen LogP) is 2.84. The maximum Gasteiger partial charge on any atom is 0.185 e. The van der Waals surface area contributed by atoms with Crippen LogP contribution in [0.5, 0.6) is 0 Å². The molecule has 0 saturated carbocycles. The molecule has 1 saturated heterocycles. The van der Waals surface area contributed by atoms with E-state index in [1.165, 1.54) is 19.0 Å². The molecule has 0 aromatic carbocycles. The van der Waals surface area contributed by atoms with Gasteiger partial charge in [-0.05, 0) is 12.8 Å². The van der Waals surface area contributed by atoms with Crippen LogP contribution in [0.1, 0.15) is 18.5 Å². The quantitative estimate of drug-likeness (QED) is 0.920. The summed E-state index contributed by atoms with van der Waals surface area (Å²) in [5.41, 5.74) is 1.12. The second-order valence-corrected chi connectivity index (χ2v) is 5.94. The number of hydrogen-bond donors (Lipinski definition) is 1. The van der Waals surface area contributed by atoms with Crippen LogP contribution in [-0.4, -0.2) is 34.6 Å². The molecule has 20 heavy (non-hydrogen) atoms. The fourth-order valence-electron chi connectivity index (χ4n) is 2.21. The number of aromatic nitrogens is 3. The summed E-state index contributed by atoms with van der Waals surface area (Å²) in [7, 11) is 0. The third kappa shape index (κ3) is 3.37. The highest BCUT2D eigenvalue weighted by Crippen LogP contribution is 2.24. The Labute approximate surface area is 127 Å². The Balaban J connectivity index is 1.51. The lowest BCUT2D eigenvalue weighted by Crippen LogP contribution is -2.17. The topological polar surface area (TPSA) is 53.9 Å². The number of nitrogens with one attached hydrogen (secondary N) is 1. The second kappa shape index (κ2) is 6.37. The van der Waals surface area contributed by atoms with Crippen molar-refractivity contribution in [2.75, 3.05) is 29.9 Å². The van der Waals surface area contributed by atoms with Crippen molar-refractivity contribution in [1.29, 1.82) is 0 Å². The molecule has 0 aliphatic carbocycles. The van der Waals surface area contributed by atoms with Crippen molar-refractivity contribution in [2.45, 2.75) is 19.3 Å². The molecule has 1 aliphatic heterocycles. The van der Waals surface area contributed by atoms with Gasteiger partial charge in [0.1, 0.15) is 11.0 Å². The normalized spacial score (nSPS) is 14.8. The van der Waals surface area contributed by atoms with E-state index < -0.39 is 0 Å². The van der Waals surface area contributed by atoms with Crippen LogP contribution >= 0.6 is 22.9 Å². The first-order chi connectivity index (χ1) is 9.81. The Hall–Kier alpha value is -1.40. The molecular weight excluding hydrogens is 294 g/mol. The van der Waals surface area contributed by atoms with Gasteiger partial charge >= 0.3 is 0 Å². The Kier molecular flexibility index (Phi) is 4.32. The van der Waals surface area contributed by atoms with Crippen LogP contribution in [0.4, 0.5) is 10.9 Å². The first-order valence-corrected chi connectivity index (χ1v) is 7.98. The van der Waals surface area contributed by atoms with E-state index in [9.17, 15) is 0 Å². The Bertz CT molecular complexity index is 567. The van der Waals surface area contributed by atoms with Crippen LogP contribution in [0, 0.1) is 0 Å². The zero-order valence-electron chi connectivity index (χ0n) is 11.0. The minimum absolute atomic E-state index is 0.403. The summed E-state index contributed by atoms with van der Waals surface area (Å²) in [6, 6.07) is 0. The Morgan fingerprint density at radius 3 is 2.90 bits per heavy atom. The van der Waals surface area contributed by atoms with Gasteiger partial charge in [-0.1, -0.05) is 11.6 Å². The molecule has 0 spiro atoms. The molecule has 0 unspecified atom stereocenters. The monoisotopic (exact) mass is 309 g/mol. The summed E-state index contributed by atoms with van der Waals surface area (Å²) >= 11 is 7.52. The van der Waals surface area contributed by atoms with E-state index in [4.69, 9.17) is 11.6 Å². The van der Waals surface area contributed by atoms with E-state index >= 15 is 0 Å². The maximum atomic E-state index is 5.79. The van der Waals surface area contributed by atoms with Crippen molar-refractivity contribution in [2.24, 2.45) is 0 Å². The van der Waals surface area contributed by atoms with Crippen molar-refractivity contribution in [1.82, 2.24) is 15.0 Å². The summed E-state index contributed by atoms with van der Waals surface area (Å²) in [4.78, 5) is 15.2. The van der Waals surface area contributed by atoms with Crippen LogP contribution in [0.15, 0.2) is 17.8 Å². The number of thiazole rings is 1. The fraction of sp³-hybridized carbons (Fsp3) is 0.462. The van der Waals surface area contributed by atoms with E-state index in [0.29, 0.717) is 11.0 Å². The minimum atomic E-state index is 0.403. The average molecular weight is 310 g/mol. The van der Waals surface area contributed by atoms with E-state index in [2.05, 4.69) is 30.5 Å². The van der Waals surface area contributed by atoms with Gasteiger partial charge in [-0.15, -0.1) is 11.3 Å². The third-order valence-corrected chi connectivity index (χ3v) is 4.34. The molecule has 3 heterocycles. The molecule has 0 atom stereocenters. The molecule has 0 bridgehead atoms. The lowest BCUT2D eigenvalue weighted by molar-refractivity contribution is 0.922. The van der Waals surface area contributed by atoms with Gasteiger partial charge in [0.15, 0.2) is 5.13 Å². The second-order valence-electron chi connectivity index (χ2n) is 4.72. The molecule has 1 N–H and O–H groups in total. The first-order valence-electron chi connectivity index (χ1n) is 6.72. The summed E-state index contributed by atoms with van der Waals surface area (Å²) in [6.45, 7) is 3.06. The van der Waals surface area contributed by atoms with Crippen molar-refractivity contribution < 1.29 is 0 Å². The van der Waals surface area contributed by atoms with E-state index in [1.54, 1.807) is 17.5 Å². The summed E-state index contributed by atoms with van der Waals surface area (Å²) in [5, 5.41) is 6.90. The van der Waals surface area contributed by atoms with E-state index in [0.717, 1.165) is 36.9 Å². The molecule has 1 aliphatic rings. The zero-order valence-corrected chi connectivity index (χ0v) is 12.6. The van der Waals surface area contributed by atoms with Crippen LogP contribution < -0.4 is 10.2 Å². The highest BCUT2D eigenvalue weighted by atomic mass is 35.5. The van der Waals surface area contributed by atoms with Crippen LogP contribution in [-0.2, 0) is 6.42 Å². The van der Waals surface area contributed by atoms with Gasteiger partial charge in [-0.3, -0.25) is 4.98 Å². The van der Waals surface area contributed by atoms with Crippen LogP contribution in [0.25, 0.3) is 0 Å². The molecule has 5 nitrogen and oxygen atoms in total. The maximum absolute atomic E-state index is 5.79. The van der Waals surface area contributed by atoms with Gasteiger partial charge in [0.2, 0.25) is 0 Å². The average Bonchev–Trinajstić information content (AvgIpc) is 3.09.